The van der Waals surface area contributed by atoms with Crippen LogP contribution < -0.4 is 4.74 Å². The standard InChI is InChI=1S/C28H19F8NO6S/c29-18-6-8-19(9-7-18)44(41,42)25-11-12-37(23(38)15-1-3-16(4-2-15)24(39)40)22(25)14-43-21-13-17(5-10-20(21)25)26(30,27(31,32)33)28(34,35)36/h1-10,13,22H,11-12,14H2,(H,39,40). The Hall–Kier alpha value is -4.21. The van der Waals surface area contributed by atoms with E-state index in [0.717, 1.165) is 41.3 Å². The molecule has 16 heteroatoms. The molecular weight excluding hydrogens is 630 g/mol. The zero-order chi connectivity index (χ0) is 32.5. The number of hydrogen-bond acceptors (Lipinski definition) is 5. The van der Waals surface area contributed by atoms with E-state index in [-0.39, 0.29) is 29.8 Å². The van der Waals surface area contributed by atoms with Gasteiger partial charge in [-0.15, -0.1) is 0 Å². The maximum absolute atomic E-state index is 14.9. The number of halogens is 8. The molecule has 3 aromatic rings. The van der Waals surface area contributed by atoms with E-state index in [1.807, 2.05) is 0 Å². The molecule has 0 spiro atoms. The van der Waals surface area contributed by atoms with Gasteiger partial charge in [-0.25, -0.2) is 22.0 Å². The van der Waals surface area contributed by atoms with Crippen LogP contribution in [0, 0.1) is 5.82 Å². The Morgan fingerprint density at radius 3 is 1.98 bits per heavy atom. The quantitative estimate of drug-likeness (QED) is 0.278. The highest BCUT2D eigenvalue weighted by atomic mass is 32.2. The average molecular weight is 650 g/mol. The Morgan fingerprint density at radius 1 is 0.864 bits per heavy atom. The Labute approximate surface area is 243 Å². The summed E-state index contributed by atoms with van der Waals surface area (Å²) < 4.78 is 141. The van der Waals surface area contributed by atoms with Crippen molar-refractivity contribution < 1.29 is 63.0 Å². The molecule has 0 saturated carbocycles. The number of hydrogen-bond donors (Lipinski definition) is 1. The Bertz CT molecular complexity index is 1730. The van der Waals surface area contributed by atoms with Crippen LogP contribution in [0.15, 0.2) is 71.6 Å². The molecular formula is C28H19F8NO6S. The van der Waals surface area contributed by atoms with E-state index in [1.165, 1.54) is 12.1 Å². The number of aromatic carboxylic acids is 1. The van der Waals surface area contributed by atoms with Crippen molar-refractivity contribution >= 4 is 21.7 Å². The molecule has 2 aliphatic heterocycles. The number of ether oxygens (including phenoxy) is 1. The molecule has 3 aromatic carbocycles. The summed E-state index contributed by atoms with van der Waals surface area (Å²) in [6, 6.07) is 7.60. The van der Waals surface area contributed by atoms with Gasteiger partial charge in [-0.05, 0) is 61.0 Å². The van der Waals surface area contributed by atoms with E-state index in [9.17, 15) is 53.1 Å². The van der Waals surface area contributed by atoms with Gasteiger partial charge < -0.3 is 14.7 Å². The number of likely N-dealkylation sites (tertiary alicyclic amines) is 1. The topological polar surface area (TPSA) is 101 Å². The lowest BCUT2D eigenvalue weighted by Crippen LogP contribution is -2.55. The van der Waals surface area contributed by atoms with Crippen molar-refractivity contribution in [3.05, 3.63) is 94.8 Å². The summed E-state index contributed by atoms with van der Waals surface area (Å²) in [6.45, 7) is -1.04. The Kier molecular flexibility index (Phi) is 7.22. The first kappa shape index (κ1) is 31.2. The van der Waals surface area contributed by atoms with Gasteiger partial charge in [0.25, 0.3) is 5.91 Å². The second kappa shape index (κ2) is 10.2. The molecule has 5 rings (SSSR count). The molecule has 1 N–H and O–H groups in total. The number of sulfone groups is 1. The van der Waals surface area contributed by atoms with Crippen LogP contribution in [0.2, 0.25) is 0 Å². The van der Waals surface area contributed by atoms with E-state index in [0.29, 0.717) is 6.07 Å². The predicted molar refractivity (Wildman–Crippen MR) is 135 cm³/mol. The molecule has 0 aliphatic carbocycles. The summed E-state index contributed by atoms with van der Waals surface area (Å²) in [6.07, 6.45) is -13.3. The van der Waals surface area contributed by atoms with Crippen molar-refractivity contribution in [3.63, 3.8) is 0 Å². The zero-order valence-corrected chi connectivity index (χ0v) is 22.7. The first-order valence-electron chi connectivity index (χ1n) is 12.6. The normalized spacial score (nSPS) is 20.5. The molecule has 2 atom stereocenters. The minimum atomic E-state index is -6.44. The molecule has 0 radical (unpaired) electrons. The van der Waals surface area contributed by atoms with Gasteiger partial charge in [-0.1, -0.05) is 12.1 Å². The maximum Gasteiger partial charge on any atom is 0.435 e. The third-order valence-electron chi connectivity index (χ3n) is 7.89. The zero-order valence-electron chi connectivity index (χ0n) is 21.9. The molecule has 2 aliphatic rings. The van der Waals surface area contributed by atoms with Gasteiger partial charge >= 0.3 is 24.0 Å². The van der Waals surface area contributed by atoms with Gasteiger partial charge in [-0.3, -0.25) is 4.79 Å². The van der Waals surface area contributed by atoms with Crippen LogP contribution in [0.4, 0.5) is 35.1 Å². The molecule has 0 bridgehead atoms. The predicted octanol–water partition coefficient (Wildman–Crippen LogP) is 5.79. The molecule has 7 nitrogen and oxygen atoms in total. The number of benzene rings is 3. The molecule has 1 fully saturated rings. The number of carbonyl (C=O) groups excluding carboxylic acids is 1. The number of nitrogens with zero attached hydrogens (tertiary/aromatic N) is 1. The SMILES string of the molecule is O=C(O)c1ccc(C(=O)N2CCC3(S(=O)(=O)c4ccc(F)cc4)c4ccc(C(F)(C(F)(F)F)C(F)(F)F)cc4OCC23)cc1. The highest BCUT2D eigenvalue weighted by Gasteiger charge is 2.74. The lowest BCUT2D eigenvalue weighted by molar-refractivity contribution is -0.348. The van der Waals surface area contributed by atoms with Crippen LogP contribution in [0.5, 0.6) is 5.75 Å². The van der Waals surface area contributed by atoms with Gasteiger partial charge in [0, 0.05) is 23.2 Å². The first-order valence-corrected chi connectivity index (χ1v) is 14.1. The fourth-order valence-corrected chi connectivity index (χ4v) is 8.00. The molecule has 44 heavy (non-hydrogen) atoms. The third kappa shape index (κ3) is 4.49. The lowest BCUT2D eigenvalue weighted by Gasteiger charge is -2.42. The summed E-state index contributed by atoms with van der Waals surface area (Å²) in [4.78, 5) is 25.3. The van der Waals surface area contributed by atoms with Crippen LogP contribution in [-0.2, 0) is 20.3 Å². The van der Waals surface area contributed by atoms with E-state index < -0.39 is 91.1 Å². The van der Waals surface area contributed by atoms with Gasteiger partial charge in [0.1, 0.15) is 22.9 Å². The van der Waals surface area contributed by atoms with E-state index >= 15 is 0 Å². The van der Waals surface area contributed by atoms with Crippen LogP contribution in [0.3, 0.4) is 0 Å². The lowest BCUT2D eigenvalue weighted by atomic mass is 9.85. The number of rotatable bonds is 5. The number of carbonyl (C=O) groups is 2. The molecule has 2 heterocycles. The maximum atomic E-state index is 14.9. The average Bonchev–Trinajstić information content (AvgIpc) is 3.37. The Balaban J connectivity index is 1.68. The monoisotopic (exact) mass is 649 g/mol. The summed E-state index contributed by atoms with van der Waals surface area (Å²) in [5.74, 6) is -3.63. The van der Waals surface area contributed by atoms with E-state index in [2.05, 4.69) is 0 Å². The minimum Gasteiger partial charge on any atom is -0.491 e. The van der Waals surface area contributed by atoms with Crippen LogP contribution in [-0.4, -0.2) is 61.8 Å². The number of amides is 1. The number of fused-ring (bicyclic) bond motifs is 3. The van der Waals surface area contributed by atoms with Crippen LogP contribution in [0.1, 0.15) is 38.3 Å². The fourth-order valence-electron chi connectivity index (χ4n) is 5.71. The smallest absolute Gasteiger partial charge is 0.435 e. The Morgan fingerprint density at radius 2 is 1.43 bits per heavy atom. The second-order valence-electron chi connectivity index (χ2n) is 10.2. The largest absolute Gasteiger partial charge is 0.491 e. The highest BCUT2D eigenvalue weighted by molar-refractivity contribution is 7.92. The number of carboxylic acid groups (broad SMARTS) is 1. The second-order valence-corrected chi connectivity index (χ2v) is 12.4. The molecule has 0 aromatic heterocycles. The summed E-state index contributed by atoms with van der Waals surface area (Å²) >= 11 is 0. The van der Waals surface area contributed by atoms with Gasteiger partial charge in [0.15, 0.2) is 9.84 Å². The van der Waals surface area contributed by atoms with Crippen LogP contribution >= 0.6 is 0 Å². The first-order chi connectivity index (χ1) is 20.4. The summed E-state index contributed by atoms with van der Waals surface area (Å²) in [5.41, 5.74) is -8.34. The molecule has 1 saturated heterocycles. The third-order valence-corrected chi connectivity index (χ3v) is 10.4. The van der Waals surface area contributed by atoms with E-state index in [4.69, 9.17) is 9.84 Å². The minimum absolute atomic E-state index is 0.0521. The van der Waals surface area contributed by atoms with Gasteiger partial charge in [-0.2, -0.15) is 26.3 Å². The van der Waals surface area contributed by atoms with Crippen molar-refractivity contribution in [3.8, 4) is 5.75 Å². The van der Waals surface area contributed by atoms with Crippen molar-refractivity contribution in [1.82, 2.24) is 4.90 Å². The van der Waals surface area contributed by atoms with Gasteiger partial charge in [0.2, 0.25) is 0 Å². The van der Waals surface area contributed by atoms with Gasteiger partial charge in [0.05, 0.1) is 16.5 Å². The van der Waals surface area contributed by atoms with Crippen molar-refractivity contribution in [1.29, 1.82) is 0 Å². The molecule has 1 amide bonds. The van der Waals surface area contributed by atoms with Crippen molar-refractivity contribution in [2.45, 2.75) is 40.1 Å². The summed E-state index contributed by atoms with van der Waals surface area (Å²) in [7, 11) is -4.72. The number of carboxylic acids is 1. The number of alkyl halides is 7. The van der Waals surface area contributed by atoms with Crippen molar-refractivity contribution in [2.24, 2.45) is 0 Å². The molecule has 234 valence electrons. The van der Waals surface area contributed by atoms with Crippen LogP contribution in [0.25, 0.3) is 0 Å². The van der Waals surface area contributed by atoms with Crippen molar-refractivity contribution in [2.75, 3.05) is 13.2 Å². The van der Waals surface area contributed by atoms with E-state index in [1.54, 1.807) is 0 Å². The molecule has 2 unspecified atom stereocenters. The summed E-state index contributed by atoms with van der Waals surface area (Å²) in [5, 5.41) is 9.13. The fraction of sp³-hybridized carbons (Fsp3) is 0.286. The highest BCUT2D eigenvalue weighted by Crippen LogP contribution is 2.57.